The molecule has 30 heavy (non-hydrogen) atoms. The van der Waals surface area contributed by atoms with Gasteiger partial charge in [-0.3, -0.25) is 9.59 Å². The van der Waals surface area contributed by atoms with Gasteiger partial charge in [0.2, 0.25) is 0 Å². The number of hydrogen-bond donors (Lipinski definition) is 2. The monoisotopic (exact) mass is 420 g/mol. The Morgan fingerprint density at radius 3 is 2.63 bits per heavy atom. The van der Waals surface area contributed by atoms with Crippen LogP contribution in [-0.2, 0) is 19.1 Å². The van der Waals surface area contributed by atoms with E-state index in [0.717, 1.165) is 12.0 Å². The van der Waals surface area contributed by atoms with Crippen LogP contribution in [0.2, 0.25) is 0 Å². The second-order valence-corrected chi connectivity index (χ2v) is 10.4. The normalized spacial score (nSPS) is 36.5. The summed E-state index contributed by atoms with van der Waals surface area (Å²) in [6.07, 6.45) is 6.88. The molecule has 168 valence electrons. The smallest absolute Gasteiger partial charge is 0.308 e. The molecule has 0 saturated carbocycles. The number of hydrogen-bond acceptors (Lipinski definition) is 6. The third-order valence-electron chi connectivity index (χ3n) is 6.39. The Hall–Kier alpha value is -1.66. The predicted molar refractivity (Wildman–Crippen MR) is 112 cm³/mol. The van der Waals surface area contributed by atoms with Crippen LogP contribution in [-0.4, -0.2) is 46.6 Å². The van der Waals surface area contributed by atoms with Gasteiger partial charge in [-0.15, -0.1) is 0 Å². The Balaban J connectivity index is 1.73. The van der Waals surface area contributed by atoms with E-state index >= 15 is 0 Å². The maximum atomic E-state index is 12.5. The Labute approximate surface area is 179 Å². The maximum absolute atomic E-state index is 12.5. The standard InChI is InChI=1S/C24H36O6/c1-14-5-6-15-9-16(25)11-20(30-22(28)13-24(2,3)4)23(15)19(14)8-7-18-10-17(26)12-21(27)29-18/h5-6,9,14,16-20,23,25-26H,7-8,10-13H2,1-4H3/t14-,16+,17+,18+,19-,20-,23-/m0/s1. The first-order valence-corrected chi connectivity index (χ1v) is 11.2. The van der Waals surface area contributed by atoms with Crippen molar-refractivity contribution in [3.05, 3.63) is 23.8 Å². The number of aliphatic hydroxyl groups is 2. The van der Waals surface area contributed by atoms with Crippen LogP contribution in [0.3, 0.4) is 0 Å². The van der Waals surface area contributed by atoms with E-state index in [2.05, 4.69) is 13.0 Å². The summed E-state index contributed by atoms with van der Waals surface area (Å²) in [5, 5.41) is 20.2. The first kappa shape index (κ1) is 23.0. The highest BCUT2D eigenvalue weighted by atomic mass is 16.5. The average molecular weight is 421 g/mol. The number of cyclic esters (lactones) is 1. The van der Waals surface area contributed by atoms with Crippen LogP contribution in [0.4, 0.5) is 0 Å². The van der Waals surface area contributed by atoms with Crippen LogP contribution in [0.15, 0.2) is 23.8 Å². The van der Waals surface area contributed by atoms with Gasteiger partial charge in [-0.05, 0) is 35.7 Å². The van der Waals surface area contributed by atoms with Crippen LogP contribution >= 0.6 is 0 Å². The maximum Gasteiger partial charge on any atom is 0.308 e. The van der Waals surface area contributed by atoms with E-state index in [-0.39, 0.29) is 53.7 Å². The molecule has 0 radical (unpaired) electrons. The molecule has 0 amide bonds. The predicted octanol–water partition coefficient (Wildman–Crippen LogP) is 3.31. The molecule has 6 heteroatoms. The number of carbonyl (C=O) groups is 2. The molecule has 6 nitrogen and oxygen atoms in total. The first-order chi connectivity index (χ1) is 14.0. The van der Waals surface area contributed by atoms with Crippen molar-refractivity contribution < 1.29 is 29.3 Å². The van der Waals surface area contributed by atoms with Crippen molar-refractivity contribution in [2.75, 3.05) is 0 Å². The summed E-state index contributed by atoms with van der Waals surface area (Å²) < 4.78 is 11.3. The Morgan fingerprint density at radius 2 is 1.97 bits per heavy atom. The van der Waals surface area contributed by atoms with Crippen molar-refractivity contribution in [3.8, 4) is 0 Å². The summed E-state index contributed by atoms with van der Waals surface area (Å²) in [6.45, 7) is 8.16. The largest absolute Gasteiger partial charge is 0.462 e. The lowest BCUT2D eigenvalue weighted by atomic mass is 9.66. The fourth-order valence-electron chi connectivity index (χ4n) is 5.05. The zero-order valence-corrected chi connectivity index (χ0v) is 18.5. The minimum absolute atomic E-state index is 0.0153. The zero-order valence-electron chi connectivity index (χ0n) is 18.5. The number of ether oxygens (including phenoxy) is 2. The van der Waals surface area contributed by atoms with Gasteiger partial charge in [0.05, 0.1) is 25.0 Å². The molecule has 7 atom stereocenters. The molecule has 1 heterocycles. The summed E-state index contributed by atoms with van der Waals surface area (Å²) >= 11 is 0. The molecule has 0 unspecified atom stereocenters. The van der Waals surface area contributed by atoms with Crippen molar-refractivity contribution in [2.24, 2.45) is 23.2 Å². The summed E-state index contributed by atoms with van der Waals surface area (Å²) in [6, 6.07) is 0. The molecule has 1 saturated heterocycles. The second-order valence-electron chi connectivity index (χ2n) is 10.4. The van der Waals surface area contributed by atoms with E-state index in [1.54, 1.807) is 0 Å². The Kier molecular flexibility index (Phi) is 7.08. The van der Waals surface area contributed by atoms with Crippen molar-refractivity contribution in [1.82, 2.24) is 0 Å². The number of esters is 2. The fraction of sp³-hybridized carbons (Fsp3) is 0.750. The highest BCUT2D eigenvalue weighted by molar-refractivity contribution is 5.71. The quantitative estimate of drug-likeness (QED) is 0.663. The molecular weight excluding hydrogens is 384 g/mol. The van der Waals surface area contributed by atoms with Crippen LogP contribution in [0.25, 0.3) is 0 Å². The van der Waals surface area contributed by atoms with Crippen LogP contribution in [0.5, 0.6) is 0 Å². The Bertz CT molecular complexity index is 703. The van der Waals surface area contributed by atoms with Crippen molar-refractivity contribution >= 4 is 11.9 Å². The topological polar surface area (TPSA) is 93.1 Å². The molecule has 2 aliphatic carbocycles. The number of carbonyl (C=O) groups excluding carboxylic acids is 2. The SMILES string of the molecule is C[C@H]1C=CC2=C[C@@H](O)C[C@H](OC(=O)CC(C)(C)C)[C@@H]2[C@H]1CC[C@@H]1C[C@@H](O)CC(=O)O1. The van der Waals surface area contributed by atoms with Crippen LogP contribution in [0, 0.1) is 23.2 Å². The molecule has 0 spiro atoms. The lowest BCUT2D eigenvalue weighted by Gasteiger charge is -2.43. The summed E-state index contributed by atoms with van der Waals surface area (Å²) in [5.41, 5.74) is 0.861. The van der Waals surface area contributed by atoms with Gasteiger partial charge in [-0.25, -0.2) is 0 Å². The summed E-state index contributed by atoms with van der Waals surface area (Å²) in [5.74, 6) is -0.0761. The third-order valence-corrected chi connectivity index (χ3v) is 6.39. The molecule has 1 fully saturated rings. The van der Waals surface area contributed by atoms with Crippen molar-refractivity contribution in [3.63, 3.8) is 0 Å². The van der Waals surface area contributed by atoms with E-state index in [0.29, 0.717) is 25.7 Å². The average Bonchev–Trinajstić information content (AvgIpc) is 2.58. The van der Waals surface area contributed by atoms with Crippen LogP contribution < -0.4 is 0 Å². The van der Waals surface area contributed by atoms with E-state index < -0.39 is 12.2 Å². The highest BCUT2D eigenvalue weighted by Gasteiger charge is 2.42. The molecule has 0 aromatic heterocycles. The highest BCUT2D eigenvalue weighted by Crippen LogP contribution is 2.44. The molecule has 0 aromatic carbocycles. The number of aliphatic hydroxyl groups excluding tert-OH is 2. The molecular formula is C24H36O6. The fourth-order valence-corrected chi connectivity index (χ4v) is 5.05. The van der Waals surface area contributed by atoms with E-state index in [4.69, 9.17) is 9.47 Å². The van der Waals surface area contributed by atoms with Gasteiger partial charge in [0, 0.05) is 18.8 Å². The van der Waals surface area contributed by atoms with Gasteiger partial charge in [0.15, 0.2) is 0 Å². The first-order valence-electron chi connectivity index (χ1n) is 11.2. The zero-order chi connectivity index (χ0) is 22.1. The summed E-state index contributed by atoms with van der Waals surface area (Å²) in [4.78, 5) is 24.2. The molecule has 3 rings (SSSR count). The van der Waals surface area contributed by atoms with Gasteiger partial charge >= 0.3 is 11.9 Å². The van der Waals surface area contributed by atoms with Gasteiger partial charge in [0.1, 0.15) is 12.2 Å². The van der Waals surface area contributed by atoms with Crippen molar-refractivity contribution in [2.45, 2.75) is 90.6 Å². The molecule has 3 aliphatic rings. The minimum atomic E-state index is -0.633. The molecule has 2 N–H and O–H groups in total. The van der Waals surface area contributed by atoms with Gasteiger partial charge in [-0.2, -0.15) is 0 Å². The number of allylic oxidation sites excluding steroid dienone is 2. The Morgan fingerprint density at radius 1 is 1.23 bits per heavy atom. The van der Waals surface area contributed by atoms with Gasteiger partial charge < -0.3 is 19.7 Å². The van der Waals surface area contributed by atoms with Crippen molar-refractivity contribution in [1.29, 1.82) is 0 Å². The molecule has 0 aromatic rings. The molecule has 0 bridgehead atoms. The van der Waals surface area contributed by atoms with Crippen LogP contribution in [0.1, 0.15) is 66.2 Å². The number of fused-ring (bicyclic) bond motifs is 1. The minimum Gasteiger partial charge on any atom is -0.462 e. The van der Waals surface area contributed by atoms with E-state index in [1.807, 2.05) is 32.9 Å². The van der Waals surface area contributed by atoms with Gasteiger partial charge in [-0.1, -0.05) is 45.9 Å². The van der Waals surface area contributed by atoms with E-state index in [1.165, 1.54) is 0 Å². The number of rotatable bonds is 5. The third kappa shape index (κ3) is 5.94. The van der Waals surface area contributed by atoms with Gasteiger partial charge in [0.25, 0.3) is 0 Å². The lowest BCUT2D eigenvalue weighted by Crippen LogP contribution is -2.43. The van der Waals surface area contributed by atoms with E-state index in [9.17, 15) is 19.8 Å². The second kappa shape index (κ2) is 9.23. The molecule has 1 aliphatic heterocycles. The lowest BCUT2D eigenvalue weighted by molar-refractivity contribution is -0.162. The summed E-state index contributed by atoms with van der Waals surface area (Å²) in [7, 11) is 0.